The van der Waals surface area contributed by atoms with Crippen LogP contribution in [0, 0.1) is 6.92 Å². The first-order valence-corrected chi connectivity index (χ1v) is 6.15. The standard InChI is InChI=1S/C13H13ClN2O3/c1-8-11(6-7-12(17)18)13(19)16(15-8)10-4-2-9(14)3-5-10/h2-5,15H,6-7H2,1H3,(H,17,18). The first-order chi connectivity index (χ1) is 8.99. The minimum absolute atomic E-state index is 0.0610. The van der Waals surface area contributed by atoms with Crippen LogP contribution in [0.5, 0.6) is 0 Å². The van der Waals surface area contributed by atoms with Gasteiger partial charge in [0, 0.05) is 22.7 Å². The quantitative estimate of drug-likeness (QED) is 0.901. The number of halogens is 1. The predicted molar refractivity (Wildman–Crippen MR) is 72.1 cm³/mol. The number of benzene rings is 1. The van der Waals surface area contributed by atoms with Crippen LogP contribution in [0.4, 0.5) is 0 Å². The molecule has 0 unspecified atom stereocenters. The largest absolute Gasteiger partial charge is 0.481 e. The maximum absolute atomic E-state index is 12.2. The Kier molecular flexibility index (Phi) is 3.76. The molecule has 0 saturated heterocycles. The molecule has 100 valence electrons. The molecule has 2 N–H and O–H groups in total. The summed E-state index contributed by atoms with van der Waals surface area (Å²) >= 11 is 5.80. The first-order valence-electron chi connectivity index (χ1n) is 5.77. The SMILES string of the molecule is Cc1[nH]n(-c2ccc(Cl)cc2)c(=O)c1CCC(=O)O. The van der Waals surface area contributed by atoms with Crippen LogP contribution in [0.1, 0.15) is 17.7 Å². The summed E-state index contributed by atoms with van der Waals surface area (Å²) in [6, 6.07) is 6.83. The molecule has 19 heavy (non-hydrogen) atoms. The molecule has 0 aliphatic rings. The third-order valence-corrected chi connectivity index (χ3v) is 3.12. The highest BCUT2D eigenvalue weighted by atomic mass is 35.5. The summed E-state index contributed by atoms with van der Waals surface area (Å²) in [5.41, 5.74) is 1.62. The first kappa shape index (κ1) is 13.4. The second-order valence-electron chi connectivity index (χ2n) is 4.23. The Balaban J connectivity index is 2.38. The molecule has 0 spiro atoms. The van der Waals surface area contributed by atoms with E-state index >= 15 is 0 Å². The molecule has 2 rings (SSSR count). The van der Waals surface area contributed by atoms with Gasteiger partial charge in [-0.1, -0.05) is 11.6 Å². The second-order valence-corrected chi connectivity index (χ2v) is 4.66. The number of carboxylic acid groups (broad SMARTS) is 1. The molecule has 0 radical (unpaired) electrons. The molecule has 5 nitrogen and oxygen atoms in total. The molecule has 0 aliphatic carbocycles. The van der Waals surface area contributed by atoms with Crippen molar-refractivity contribution in [2.45, 2.75) is 19.8 Å². The molecular formula is C13H13ClN2O3. The number of carbonyl (C=O) groups is 1. The number of nitrogens with zero attached hydrogens (tertiary/aromatic N) is 1. The molecule has 0 atom stereocenters. The number of aromatic nitrogens is 2. The highest BCUT2D eigenvalue weighted by Gasteiger charge is 2.13. The van der Waals surface area contributed by atoms with Crippen molar-refractivity contribution in [3.8, 4) is 5.69 Å². The maximum atomic E-state index is 12.2. The fourth-order valence-corrected chi connectivity index (χ4v) is 2.01. The van der Waals surface area contributed by atoms with Gasteiger partial charge in [-0.25, -0.2) is 4.68 Å². The number of aliphatic carboxylic acids is 1. The Morgan fingerprint density at radius 1 is 1.37 bits per heavy atom. The molecule has 0 bridgehead atoms. The summed E-state index contributed by atoms with van der Waals surface area (Å²) in [6.45, 7) is 1.75. The second kappa shape index (κ2) is 5.32. The van der Waals surface area contributed by atoms with Crippen molar-refractivity contribution < 1.29 is 9.90 Å². The monoisotopic (exact) mass is 280 g/mol. The molecule has 6 heteroatoms. The van der Waals surface area contributed by atoms with Gasteiger partial charge >= 0.3 is 5.97 Å². The van der Waals surface area contributed by atoms with Crippen LogP contribution in [-0.2, 0) is 11.2 Å². The maximum Gasteiger partial charge on any atom is 0.303 e. The van der Waals surface area contributed by atoms with Crippen LogP contribution < -0.4 is 5.56 Å². The van der Waals surface area contributed by atoms with E-state index in [0.717, 1.165) is 0 Å². The molecule has 1 heterocycles. The Labute approximate surface area is 114 Å². The third-order valence-electron chi connectivity index (χ3n) is 2.87. The predicted octanol–water partition coefficient (Wildman–Crippen LogP) is 2.14. The number of aromatic amines is 1. The van der Waals surface area contributed by atoms with Gasteiger partial charge in [-0.2, -0.15) is 0 Å². The van der Waals surface area contributed by atoms with Gasteiger partial charge in [0.15, 0.2) is 0 Å². The molecule has 2 aromatic rings. The van der Waals surface area contributed by atoms with Gasteiger partial charge in [0.05, 0.1) is 5.69 Å². The minimum atomic E-state index is -0.918. The number of nitrogens with one attached hydrogen (secondary N) is 1. The lowest BCUT2D eigenvalue weighted by molar-refractivity contribution is -0.136. The fraction of sp³-hybridized carbons (Fsp3) is 0.231. The Hall–Kier alpha value is -2.01. The van der Waals surface area contributed by atoms with Crippen molar-refractivity contribution in [3.05, 3.63) is 50.9 Å². The third kappa shape index (κ3) is 2.88. The van der Waals surface area contributed by atoms with E-state index in [4.69, 9.17) is 16.7 Å². The number of rotatable bonds is 4. The van der Waals surface area contributed by atoms with Gasteiger partial charge in [-0.15, -0.1) is 0 Å². The summed E-state index contributed by atoms with van der Waals surface area (Å²) in [5.74, 6) is -0.918. The van der Waals surface area contributed by atoms with E-state index in [-0.39, 0.29) is 18.4 Å². The van der Waals surface area contributed by atoms with Gasteiger partial charge in [0.2, 0.25) is 0 Å². The summed E-state index contributed by atoms with van der Waals surface area (Å²) in [5, 5.41) is 12.2. The number of hydrogen-bond donors (Lipinski definition) is 2. The topological polar surface area (TPSA) is 75.1 Å². The highest BCUT2D eigenvalue weighted by molar-refractivity contribution is 6.30. The molecule has 0 aliphatic heterocycles. The lowest BCUT2D eigenvalue weighted by Crippen LogP contribution is -2.17. The summed E-state index contributed by atoms with van der Waals surface area (Å²) in [6.07, 6.45) is 0.158. The van der Waals surface area contributed by atoms with Crippen LogP contribution in [0.25, 0.3) is 5.69 Å². The zero-order chi connectivity index (χ0) is 14.0. The van der Waals surface area contributed by atoms with Gasteiger partial charge in [-0.05, 0) is 37.6 Å². The average Bonchev–Trinajstić information content (AvgIpc) is 2.63. The normalized spacial score (nSPS) is 10.6. The van der Waals surface area contributed by atoms with Crippen molar-refractivity contribution in [3.63, 3.8) is 0 Å². The molecule has 0 saturated carbocycles. The van der Waals surface area contributed by atoms with E-state index in [1.54, 1.807) is 31.2 Å². The van der Waals surface area contributed by atoms with Gasteiger partial charge in [0.1, 0.15) is 0 Å². The van der Waals surface area contributed by atoms with Crippen molar-refractivity contribution >= 4 is 17.6 Å². The Morgan fingerprint density at radius 2 is 2.00 bits per heavy atom. The zero-order valence-corrected chi connectivity index (χ0v) is 11.1. The van der Waals surface area contributed by atoms with E-state index in [1.807, 2.05) is 0 Å². The molecule has 0 amide bonds. The zero-order valence-electron chi connectivity index (χ0n) is 10.3. The fourth-order valence-electron chi connectivity index (χ4n) is 1.88. The number of H-pyrrole nitrogens is 1. The van der Waals surface area contributed by atoms with Crippen LogP contribution in [0.2, 0.25) is 5.02 Å². The minimum Gasteiger partial charge on any atom is -0.481 e. The van der Waals surface area contributed by atoms with E-state index in [1.165, 1.54) is 4.68 Å². The molecule has 1 aromatic heterocycles. The lowest BCUT2D eigenvalue weighted by atomic mass is 10.1. The highest BCUT2D eigenvalue weighted by Crippen LogP contribution is 2.13. The van der Waals surface area contributed by atoms with Crippen molar-refractivity contribution in [2.24, 2.45) is 0 Å². The van der Waals surface area contributed by atoms with E-state index in [2.05, 4.69) is 5.10 Å². The molecule has 1 aromatic carbocycles. The van der Waals surface area contributed by atoms with Gasteiger partial charge < -0.3 is 5.11 Å². The van der Waals surface area contributed by atoms with E-state index in [9.17, 15) is 9.59 Å². The van der Waals surface area contributed by atoms with Crippen LogP contribution in [-0.4, -0.2) is 20.9 Å². The molecule has 0 fully saturated rings. The van der Waals surface area contributed by atoms with Crippen LogP contribution in [0.15, 0.2) is 29.1 Å². The van der Waals surface area contributed by atoms with Crippen molar-refractivity contribution in [2.75, 3.05) is 0 Å². The summed E-state index contributed by atoms with van der Waals surface area (Å²) in [7, 11) is 0. The van der Waals surface area contributed by atoms with Gasteiger partial charge in [-0.3, -0.25) is 14.7 Å². The summed E-state index contributed by atoms with van der Waals surface area (Å²) < 4.78 is 1.39. The molecular weight excluding hydrogens is 268 g/mol. The van der Waals surface area contributed by atoms with Crippen LogP contribution in [0.3, 0.4) is 0 Å². The van der Waals surface area contributed by atoms with Crippen LogP contribution >= 0.6 is 11.6 Å². The Morgan fingerprint density at radius 3 is 2.58 bits per heavy atom. The van der Waals surface area contributed by atoms with Gasteiger partial charge in [0.25, 0.3) is 5.56 Å². The Bertz CT molecular complexity index is 656. The van der Waals surface area contributed by atoms with E-state index < -0.39 is 5.97 Å². The number of aryl methyl sites for hydroxylation is 1. The number of hydrogen-bond acceptors (Lipinski definition) is 2. The average molecular weight is 281 g/mol. The number of carboxylic acids is 1. The summed E-state index contributed by atoms with van der Waals surface area (Å²) in [4.78, 5) is 22.8. The van der Waals surface area contributed by atoms with Crippen molar-refractivity contribution in [1.82, 2.24) is 9.78 Å². The smallest absolute Gasteiger partial charge is 0.303 e. The van der Waals surface area contributed by atoms with E-state index in [0.29, 0.717) is 22.0 Å². The van der Waals surface area contributed by atoms with Crippen molar-refractivity contribution in [1.29, 1.82) is 0 Å². The lowest BCUT2D eigenvalue weighted by Gasteiger charge is -2.00.